The summed E-state index contributed by atoms with van der Waals surface area (Å²) in [6.07, 6.45) is 1.74. The largest absolute Gasteiger partial charge is 0.480 e. The van der Waals surface area contributed by atoms with Gasteiger partial charge < -0.3 is 25.8 Å². The van der Waals surface area contributed by atoms with Crippen molar-refractivity contribution in [3.8, 4) is 0 Å². The van der Waals surface area contributed by atoms with Crippen LogP contribution < -0.4 is 11.1 Å². The zero-order chi connectivity index (χ0) is 15.1. The number of primary amides is 1. The molecule has 8 heteroatoms. The van der Waals surface area contributed by atoms with E-state index in [1.54, 1.807) is 7.05 Å². The number of carbonyl (C=O) groups is 3. The summed E-state index contributed by atoms with van der Waals surface area (Å²) >= 11 is 0. The smallest absolute Gasteiger partial charge is 0.326 e. The lowest BCUT2D eigenvalue weighted by molar-refractivity contribution is -0.139. The number of nitrogens with two attached hydrogens (primary N) is 1. The highest BCUT2D eigenvalue weighted by Gasteiger charge is 2.24. The Balaban J connectivity index is 2.42. The zero-order valence-electron chi connectivity index (χ0n) is 11.5. The quantitative estimate of drug-likeness (QED) is 0.584. The van der Waals surface area contributed by atoms with Crippen molar-refractivity contribution in [3.63, 3.8) is 0 Å². The fraction of sp³-hybridized carbons (Fsp3) is 0.750. The molecule has 1 fully saturated rings. The van der Waals surface area contributed by atoms with Gasteiger partial charge in [0, 0.05) is 26.6 Å². The van der Waals surface area contributed by atoms with E-state index < -0.39 is 23.9 Å². The fourth-order valence-electron chi connectivity index (χ4n) is 1.98. The summed E-state index contributed by atoms with van der Waals surface area (Å²) < 4.78 is 5.41. The van der Waals surface area contributed by atoms with Crippen molar-refractivity contribution in [1.82, 2.24) is 10.2 Å². The molecule has 20 heavy (non-hydrogen) atoms. The van der Waals surface area contributed by atoms with Crippen LogP contribution in [0.15, 0.2) is 0 Å². The summed E-state index contributed by atoms with van der Waals surface area (Å²) in [4.78, 5) is 34.9. The second kappa shape index (κ2) is 7.68. The average Bonchev–Trinajstić information content (AvgIpc) is 2.86. The molecular weight excluding hydrogens is 266 g/mol. The minimum Gasteiger partial charge on any atom is -0.480 e. The van der Waals surface area contributed by atoms with E-state index in [1.165, 1.54) is 4.90 Å². The topological polar surface area (TPSA) is 122 Å². The van der Waals surface area contributed by atoms with Crippen molar-refractivity contribution in [1.29, 1.82) is 0 Å². The number of carbonyl (C=O) groups excluding carboxylic acids is 2. The Kier molecular flexibility index (Phi) is 6.23. The Hall–Kier alpha value is -1.83. The van der Waals surface area contributed by atoms with E-state index in [9.17, 15) is 14.4 Å². The number of hydrogen-bond acceptors (Lipinski definition) is 4. The zero-order valence-corrected chi connectivity index (χ0v) is 11.5. The second-order valence-electron chi connectivity index (χ2n) is 4.86. The minimum atomic E-state index is -1.19. The van der Waals surface area contributed by atoms with E-state index in [2.05, 4.69) is 5.32 Å². The number of rotatable bonds is 7. The van der Waals surface area contributed by atoms with Gasteiger partial charge in [-0.15, -0.1) is 0 Å². The molecule has 0 aromatic rings. The standard InChI is InChI=1S/C12H21N3O5/c1-15(7-8-3-2-6-20-8)12(19)14-9(11(17)18)4-5-10(13)16/h8-9H,2-7H2,1H3,(H2,13,16)(H,14,19)(H,17,18). The Morgan fingerprint density at radius 3 is 2.70 bits per heavy atom. The molecule has 0 spiro atoms. The van der Waals surface area contributed by atoms with Gasteiger partial charge in [0.15, 0.2) is 0 Å². The third-order valence-electron chi connectivity index (χ3n) is 3.12. The third kappa shape index (κ3) is 5.43. The molecule has 1 aliphatic rings. The minimum absolute atomic E-state index is 0.000326. The summed E-state index contributed by atoms with van der Waals surface area (Å²) in [5.41, 5.74) is 4.97. The van der Waals surface area contributed by atoms with E-state index >= 15 is 0 Å². The molecule has 0 radical (unpaired) electrons. The normalized spacial score (nSPS) is 19.4. The molecule has 0 aromatic heterocycles. The lowest BCUT2D eigenvalue weighted by Crippen LogP contribution is -2.48. The molecule has 2 unspecified atom stereocenters. The lowest BCUT2D eigenvalue weighted by atomic mass is 10.1. The van der Waals surface area contributed by atoms with Crippen molar-refractivity contribution < 1.29 is 24.2 Å². The molecule has 1 saturated heterocycles. The molecule has 1 rings (SSSR count). The number of amides is 3. The van der Waals surface area contributed by atoms with E-state index in [4.69, 9.17) is 15.6 Å². The molecule has 8 nitrogen and oxygen atoms in total. The van der Waals surface area contributed by atoms with Crippen LogP contribution in [-0.4, -0.2) is 60.3 Å². The van der Waals surface area contributed by atoms with Crippen LogP contribution in [0, 0.1) is 0 Å². The molecule has 4 N–H and O–H groups in total. The van der Waals surface area contributed by atoms with Gasteiger partial charge >= 0.3 is 12.0 Å². The maximum atomic E-state index is 11.9. The molecule has 114 valence electrons. The van der Waals surface area contributed by atoms with Crippen molar-refractivity contribution in [2.75, 3.05) is 20.2 Å². The summed E-state index contributed by atoms with van der Waals surface area (Å²) in [6, 6.07) is -1.63. The predicted molar refractivity (Wildman–Crippen MR) is 70.0 cm³/mol. The molecular formula is C12H21N3O5. The Bertz CT molecular complexity index is 368. The van der Waals surface area contributed by atoms with Crippen LogP contribution >= 0.6 is 0 Å². The van der Waals surface area contributed by atoms with Gasteiger partial charge in [0.1, 0.15) is 6.04 Å². The van der Waals surface area contributed by atoms with E-state index in [-0.39, 0.29) is 18.9 Å². The number of nitrogens with zero attached hydrogens (tertiary/aromatic N) is 1. The Morgan fingerprint density at radius 2 is 2.20 bits per heavy atom. The van der Waals surface area contributed by atoms with Gasteiger partial charge in [-0.1, -0.05) is 0 Å². The number of ether oxygens (including phenoxy) is 1. The molecule has 1 aliphatic heterocycles. The number of nitrogens with one attached hydrogen (secondary N) is 1. The van der Waals surface area contributed by atoms with Crippen LogP contribution in [0.4, 0.5) is 4.79 Å². The maximum Gasteiger partial charge on any atom is 0.326 e. The van der Waals surface area contributed by atoms with Gasteiger partial charge in [-0.05, 0) is 19.3 Å². The first-order valence-electron chi connectivity index (χ1n) is 6.54. The molecule has 0 bridgehead atoms. The van der Waals surface area contributed by atoms with E-state index in [0.29, 0.717) is 13.2 Å². The maximum absolute atomic E-state index is 11.9. The van der Waals surface area contributed by atoms with Crippen LogP contribution in [0.3, 0.4) is 0 Å². The summed E-state index contributed by atoms with van der Waals surface area (Å²) in [6.45, 7) is 1.10. The fourth-order valence-corrected chi connectivity index (χ4v) is 1.98. The van der Waals surface area contributed by atoms with Crippen LogP contribution in [0.25, 0.3) is 0 Å². The number of aliphatic carboxylic acids is 1. The highest BCUT2D eigenvalue weighted by molar-refractivity contribution is 5.83. The van der Waals surface area contributed by atoms with Gasteiger partial charge in [-0.2, -0.15) is 0 Å². The molecule has 3 amide bonds. The second-order valence-corrected chi connectivity index (χ2v) is 4.86. The molecule has 1 heterocycles. The molecule has 0 aromatic carbocycles. The predicted octanol–water partition coefficient (Wildman–Crippen LogP) is -0.474. The first-order valence-corrected chi connectivity index (χ1v) is 6.54. The highest BCUT2D eigenvalue weighted by atomic mass is 16.5. The van der Waals surface area contributed by atoms with Gasteiger partial charge in [0.05, 0.1) is 6.10 Å². The van der Waals surface area contributed by atoms with Crippen LogP contribution in [0.2, 0.25) is 0 Å². The van der Waals surface area contributed by atoms with Crippen LogP contribution in [0.1, 0.15) is 25.7 Å². The number of carboxylic acids is 1. The van der Waals surface area contributed by atoms with E-state index in [0.717, 1.165) is 12.8 Å². The Labute approximate surface area is 117 Å². The van der Waals surface area contributed by atoms with Crippen LogP contribution in [0.5, 0.6) is 0 Å². The van der Waals surface area contributed by atoms with E-state index in [1.807, 2.05) is 0 Å². The van der Waals surface area contributed by atoms with Crippen molar-refractivity contribution >= 4 is 17.9 Å². The Morgan fingerprint density at radius 1 is 1.50 bits per heavy atom. The first-order chi connectivity index (χ1) is 9.40. The summed E-state index contributed by atoms with van der Waals surface area (Å²) in [5, 5.41) is 11.4. The van der Waals surface area contributed by atoms with Gasteiger partial charge in [-0.3, -0.25) is 4.79 Å². The molecule has 0 saturated carbocycles. The number of likely N-dealkylation sites (N-methyl/N-ethyl adjacent to an activating group) is 1. The monoisotopic (exact) mass is 287 g/mol. The van der Waals surface area contributed by atoms with Crippen molar-refractivity contribution in [2.45, 2.75) is 37.8 Å². The number of urea groups is 1. The molecule has 0 aliphatic carbocycles. The van der Waals surface area contributed by atoms with Crippen molar-refractivity contribution in [2.24, 2.45) is 5.73 Å². The highest BCUT2D eigenvalue weighted by Crippen LogP contribution is 2.12. The van der Waals surface area contributed by atoms with Crippen LogP contribution in [-0.2, 0) is 14.3 Å². The summed E-state index contributed by atoms with van der Waals surface area (Å²) in [7, 11) is 1.57. The average molecular weight is 287 g/mol. The summed E-state index contributed by atoms with van der Waals surface area (Å²) in [5.74, 6) is -1.79. The third-order valence-corrected chi connectivity index (χ3v) is 3.12. The van der Waals surface area contributed by atoms with Gasteiger partial charge in [0.2, 0.25) is 5.91 Å². The number of carboxylic acid groups (broad SMARTS) is 1. The number of hydrogen-bond donors (Lipinski definition) is 3. The lowest BCUT2D eigenvalue weighted by Gasteiger charge is -2.23. The SMILES string of the molecule is CN(CC1CCCO1)C(=O)NC(CCC(N)=O)C(=O)O. The van der Waals surface area contributed by atoms with Crippen molar-refractivity contribution in [3.05, 3.63) is 0 Å². The van der Waals surface area contributed by atoms with Gasteiger partial charge in [-0.25, -0.2) is 9.59 Å². The molecule has 2 atom stereocenters. The van der Waals surface area contributed by atoms with Gasteiger partial charge in [0.25, 0.3) is 0 Å². The first kappa shape index (κ1) is 16.2.